The molecule has 0 unspecified atom stereocenters. The highest BCUT2D eigenvalue weighted by atomic mass is 16.3. The number of allylic oxidation sites excluding steroid dienone is 4. The second kappa shape index (κ2) is 5.92. The lowest BCUT2D eigenvalue weighted by molar-refractivity contribution is -0.111. The van der Waals surface area contributed by atoms with Crippen LogP contribution in [0.25, 0.3) is 5.57 Å². The molecular weight excluding hydrogens is 316 g/mol. The number of benzene rings is 1. The maximum atomic E-state index is 12.7. The van der Waals surface area contributed by atoms with Gasteiger partial charge in [-0.05, 0) is 43.5 Å². The number of aliphatic hydroxyl groups excluding tert-OH is 1. The summed E-state index contributed by atoms with van der Waals surface area (Å²) in [6.45, 7) is 5.87. The Kier molecular flexibility index (Phi) is 4.03. The van der Waals surface area contributed by atoms with E-state index in [1.165, 1.54) is 0 Å². The van der Waals surface area contributed by atoms with E-state index in [0.717, 1.165) is 29.0 Å². The van der Waals surface area contributed by atoms with Crippen LogP contribution in [0.15, 0.2) is 51.4 Å². The molecule has 0 spiro atoms. The minimum absolute atomic E-state index is 0.0298. The lowest BCUT2D eigenvalue weighted by Crippen LogP contribution is -2.23. The average molecular weight is 338 g/mol. The van der Waals surface area contributed by atoms with Gasteiger partial charge in [-0.2, -0.15) is 0 Å². The number of carbonyl (C=O) groups is 1. The molecule has 0 radical (unpaired) electrons. The quantitative estimate of drug-likeness (QED) is 0.823. The number of ketones is 1. The highest BCUT2D eigenvalue weighted by Gasteiger charge is 2.40. The van der Waals surface area contributed by atoms with E-state index in [9.17, 15) is 15.0 Å². The predicted octanol–water partition coefficient (Wildman–Crippen LogP) is 3.77. The number of Topliss-reactive ketones (excluding diaryl/α,β-unsaturated/α-hetero) is 1. The minimum Gasteiger partial charge on any atom is -0.507 e. The Hall–Kier alpha value is -2.82. The van der Waals surface area contributed by atoms with E-state index in [0.29, 0.717) is 11.3 Å². The van der Waals surface area contributed by atoms with Crippen LogP contribution in [0.5, 0.6) is 5.75 Å². The lowest BCUT2D eigenvalue weighted by atomic mass is 9.81. The Bertz CT molecular complexity index is 915. The van der Waals surface area contributed by atoms with Gasteiger partial charge in [0.1, 0.15) is 11.5 Å². The third kappa shape index (κ3) is 2.47. The van der Waals surface area contributed by atoms with Crippen molar-refractivity contribution in [2.75, 3.05) is 19.0 Å². The van der Waals surface area contributed by atoms with Gasteiger partial charge in [0.05, 0.1) is 16.8 Å². The first-order chi connectivity index (χ1) is 11.8. The summed E-state index contributed by atoms with van der Waals surface area (Å²) in [4.78, 5) is 19.0. The number of aromatic hydroxyl groups is 1. The second-order valence-corrected chi connectivity index (χ2v) is 6.53. The van der Waals surface area contributed by atoms with Gasteiger partial charge in [0.15, 0.2) is 0 Å². The van der Waals surface area contributed by atoms with Crippen molar-refractivity contribution in [3.63, 3.8) is 0 Å². The summed E-state index contributed by atoms with van der Waals surface area (Å²) in [5.74, 6) is -0.410. The number of rotatable bonds is 3. The van der Waals surface area contributed by atoms with E-state index in [-0.39, 0.29) is 28.4 Å². The van der Waals surface area contributed by atoms with Crippen molar-refractivity contribution in [2.45, 2.75) is 27.2 Å². The van der Waals surface area contributed by atoms with Gasteiger partial charge in [0.25, 0.3) is 0 Å². The molecule has 3 rings (SSSR count). The van der Waals surface area contributed by atoms with Gasteiger partial charge in [-0.1, -0.05) is 6.92 Å². The van der Waals surface area contributed by atoms with Crippen LogP contribution in [0.4, 0.5) is 5.69 Å². The van der Waals surface area contributed by atoms with Crippen LogP contribution < -0.4 is 4.90 Å². The van der Waals surface area contributed by atoms with Crippen LogP contribution in [0.1, 0.15) is 32.8 Å². The summed E-state index contributed by atoms with van der Waals surface area (Å²) in [5.41, 5.74) is 5.01. The molecule has 1 heterocycles. The topological polar surface area (TPSA) is 73.1 Å². The standard InChI is InChI=1S/C20H22N2O3/c1-6-13-10(2)18(21-11(13)3)17-19(24)16(20(17)25)14-8-7-12(22(4)5)9-15(14)23/h7-9,23-24H,6H2,1-5H3/b18-17+. The van der Waals surface area contributed by atoms with Crippen molar-refractivity contribution < 1.29 is 15.0 Å². The van der Waals surface area contributed by atoms with Gasteiger partial charge in [0.2, 0.25) is 5.78 Å². The molecule has 2 aliphatic rings. The summed E-state index contributed by atoms with van der Waals surface area (Å²) < 4.78 is 0. The van der Waals surface area contributed by atoms with Crippen LogP contribution in [0.3, 0.4) is 0 Å². The van der Waals surface area contributed by atoms with E-state index in [1.54, 1.807) is 18.2 Å². The normalized spacial score (nSPS) is 20.2. The molecule has 2 N–H and O–H groups in total. The van der Waals surface area contributed by atoms with Crippen LogP contribution in [-0.4, -0.2) is 35.8 Å². The van der Waals surface area contributed by atoms with Gasteiger partial charge in [0, 0.05) is 37.1 Å². The molecule has 0 bridgehead atoms. The molecule has 0 fully saturated rings. The summed E-state index contributed by atoms with van der Waals surface area (Å²) in [6.07, 6.45) is 0.830. The Labute approximate surface area is 147 Å². The average Bonchev–Trinajstić information content (AvgIpc) is 2.83. The Morgan fingerprint density at radius 1 is 1.12 bits per heavy atom. The number of phenols is 1. The fraction of sp³-hybridized carbons (Fsp3) is 0.300. The van der Waals surface area contributed by atoms with Crippen molar-refractivity contribution >= 4 is 22.8 Å². The second-order valence-electron chi connectivity index (χ2n) is 6.53. The van der Waals surface area contributed by atoms with Gasteiger partial charge in [-0.3, -0.25) is 9.79 Å². The number of anilines is 1. The van der Waals surface area contributed by atoms with E-state index in [1.807, 2.05) is 39.8 Å². The summed E-state index contributed by atoms with van der Waals surface area (Å²) in [5, 5.41) is 20.8. The highest BCUT2D eigenvalue weighted by Crippen LogP contribution is 2.44. The molecule has 0 atom stereocenters. The number of aliphatic hydroxyl groups is 1. The molecule has 0 saturated heterocycles. The number of carbonyl (C=O) groups excluding carboxylic acids is 1. The maximum absolute atomic E-state index is 12.7. The molecule has 5 nitrogen and oxygen atoms in total. The number of hydrogen-bond acceptors (Lipinski definition) is 5. The van der Waals surface area contributed by atoms with E-state index in [2.05, 4.69) is 4.99 Å². The van der Waals surface area contributed by atoms with Crippen molar-refractivity contribution in [3.05, 3.63) is 51.9 Å². The van der Waals surface area contributed by atoms with Crippen LogP contribution >= 0.6 is 0 Å². The molecule has 1 aliphatic carbocycles. The van der Waals surface area contributed by atoms with Gasteiger partial charge in [-0.25, -0.2) is 0 Å². The van der Waals surface area contributed by atoms with Crippen LogP contribution in [0, 0.1) is 0 Å². The zero-order chi connectivity index (χ0) is 18.5. The molecule has 0 aromatic heterocycles. The van der Waals surface area contributed by atoms with Crippen LogP contribution in [-0.2, 0) is 4.79 Å². The van der Waals surface area contributed by atoms with Crippen LogP contribution in [0.2, 0.25) is 0 Å². The van der Waals surface area contributed by atoms with E-state index >= 15 is 0 Å². The maximum Gasteiger partial charge on any atom is 0.203 e. The third-order valence-electron chi connectivity index (χ3n) is 4.81. The largest absolute Gasteiger partial charge is 0.507 e. The highest BCUT2D eigenvalue weighted by molar-refractivity contribution is 6.40. The number of nitrogens with zero attached hydrogens (tertiary/aromatic N) is 2. The first kappa shape index (κ1) is 17.0. The fourth-order valence-corrected chi connectivity index (χ4v) is 3.38. The van der Waals surface area contributed by atoms with Gasteiger partial charge in [-0.15, -0.1) is 0 Å². The van der Waals surface area contributed by atoms with Crippen molar-refractivity contribution in [1.82, 2.24) is 0 Å². The van der Waals surface area contributed by atoms with E-state index in [4.69, 9.17) is 0 Å². The lowest BCUT2D eigenvalue weighted by Gasteiger charge is -2.24. The Morgan fingerprint density at radius 2 is 1.80 bits per heavy atom. The SMILES string of the molecule is CCC1=C(C)/C(=C2\C(=O)C(c3ccc(N(C)C)cc3O)=C2O)N=C1C. The minimum atomic E-state index is -0.284. The Balaban J connectivity index is 2.10. The van der Waals surface area contributed by atoms with E-state index < -0.39 is 0 Å². The molecule has 1 aromatic rings. The third-order valence-corrected chi connectivity index (χ3v) is 4.81. The zero-order valence-electron chi connectivity index (χ0n) is 15.1. The first-order valence-corrected chi connectivity index (χ1v) is 8.27. The molecule has 130 valence electrons. The summed E-state index contributed by atoms with van der Waals surface area (Å²) in [6, 6.07) is 5.02. The predicted molar refractivity (Wildman–Crippen MR) is 100 cm³/mol. The Morgan fingerprint density at radius 3 is 2.28 bits per heavy atom. The summed E-state index contributed by atoms with van der Waals surface area (Å²) >= 11 is 0. The van der Waals surface area contributed by atoms with Crippen molar-refractivity contribution in [2.24, 2.45) is 4.99 Å². The monoisotopic (exact) mass is 338 g/mol. The molecule has 0 amide bonds. The zero-order valence-corrected chi connectivity index (χ0v) is 15.1. The molecule has 0 saturated carbocycles. The number of hydrogen-bond donors (Lipinski definition) is 2. The molecule has 5 heteroatoms. The molecule has 1 aromatic carbocycles. The molecule has 25 heavy (non-hydrogen) atoms. The van der Waals surface area contributed by atoms with Crippen molar-refractivity contribution in [3.8, 4) is 5.75 Å². The van der Waals surface area contributed by atoms with Crippen molar-refractivity contribution in [1.29, 1.82) is 0 Å². The smallest absolute Gasteiger partial charge is 0.203 e. The van der Waals surface area contributed by atoms with Gasteiger partial charge < -0.3 is 15.1 Å². The first-order valence-electron chi connectivity index (χ1n) is 8.27. The molecular formula is C20H22N2O3. The van der Waals surface area contributed by atoms with Gasteiger partial charge >= 0.3 is 0 Å². The summed E-state index contributed by atoms with van der Waals surface area (Å²) in [7, 11) is 3.73. The number of phenolic OH excluding ortho intramolecular Hbond substituents is 1. The molecule has 1 aliphatic heterocycles. The number of aliphatic imine (C=N–C) groups is 1. The fourth-order valence-electron chi connectivity index (χ4n) is 3.38.